The molecule has 1 aliphatic carbocycles. The number of hydrogen-bond donors (Lipinski definition) is 1. The predicted molar refractivity (Wildman–Crippen MR) is 134 cm³/mol. The first-order valence-electron chi connectivity index (χ1n) is 12.1. The van der Waals surface area contributed by atoms with Gasteiger partial charge in [-0.3, -0.25) is 4.79 Å². The van der Waals surface area contributed by atoms with Crippen LogP contribution in [0.15, 0.2) is 54.6 Å². The Kier molecular flexibility index (Phi) is 6.65. The van der Waals surface area contributed by atoms with Crippen molar-refractivity contribution < 1.29 is 38.4 Å². The molecule has 0 amide bonds. The Morgan fingerprint density at radius 2 is 1.65 bits per heavy atom. The summed E-state index contributed by atoms with van der Waals surface area (Å²) in [6, 6.07) is 16.3. The van der Waals surface area contributed by atoms with E-state index >= 15 is 0 Å². The summed E-state index contributed by atoms with van der Waals surface area (Å²) in [4.78, 5) is 25.8. The third kappa shape index (κ3) is 4.33. The summed E-state index contributed by atoms with van der Waals surface area (Å²) in [6.07, 6.45) is 0.836. The molecule has 5 rings (SSSR count). The molecular weight excluding hydrogens is 476 g/mol. The SMILES string of the molecule is CCCOc1ccc2c(c1)[C@@H](c1ccc(OC)cc1C(=O)OC)[C@H](C(=O)O)[C@H]2c1ccc2c(c1)OCO2. The second-order valence-electron chi connectivity index (χ2n) is 9.02. The number of carbonyl (C=O) groups is 2. The van der Waals surface area contributed by atoms with Crippen molar-refractivity contribution in [1.82, 2.24) is 0 Å². The Bertz CT molecular complexity index is 1350. The number of fused-ring (bicyclic) bond motifs is 2. The zero-order valence-electron chi connectivity index (χ0n) is 20.9. The lowest BCUT2D eigenvalue weighted by Gasteiger charge is -2.24. The number of aliphatic carboxylic acids is 1. The smallest absolute Gasteiger partial charge is 0.338 e. The number of benzene rings is 3. The molecule has 2 aliphatic rings. The highest BCUT2D eigenvalue weighted by Crippen LogP contribution is 2.55. The Morgan fingerprint density at radius 1 is 0.892 bits per heavy atom. The second-order valence-corrected chi connectivity index (χ2v) is 9.02. The molecule has 0 fully saturated rings. The minimum absolute atomic E-state index is 0.123. The molecule has 0 saturated heterocycles. The molecule has 8 nitrogen and oxygen atoms in total. The highest BCUT2D eigenvalue weighted by atomic mass is 16.7. The highest BCUT2D eigenvalue weighted by Gasteiger charge is 2.48. The van der Waals surface area contributed by atoms with E-state index in [0.29, 0.717) is 35.2 Å². The molecule has 3 atom stereocenters. The first-order valence-corrected chi connectivity index (χ1v) is 12.1. The third-order valence-corrected chi connectivity index (χ3v) is 6.96. The molecule has 0 radical (unpaired) electrons. The van der Waals surface area contributed by atoms with Crippen LogP contribution in [0.2, 0.25) is 0 Å². The maximum atomic E-state index is 13.0. The Hall–Kier alpha value is -4.20. The van der Waals surface area contributed by atoms with Crippen LogP contribution in [-0.4, -0.2) is 44.7 Å². The fourth-order valence-electron chi connectivity index (χ4n) is 5.35. The standard InChI is InChI=1S/C29H28O8/c1-4-11-35-18-7-9-19-21(14-18)26(20-8-6-17(33-2)13-22(20)29(32)34-3)27(28(30)31)25(19)16-5-10-23-24(12-16)37-15-36-23/h5-10,12-14,25-27H,4,11,15H2,1-3H3,(H,30,31)/t25-,26+,27+/m0/s1. The van der Waals surface area contributed by atoms with E-state index in [1.807, 2.05) is 37.3 Å². The van der Waals surface area contributed by atoms with E-state index < -0.39 is 29.7 Å². The van der Waals surface area contributed by atoms with Gasteiger partial charge in [-0.05, 0) is 65.1 Å². The number of carboxylic acid groups (broad SMARTS) is 1. The average Bonchev–Trinajstić information content (AvgIpc) is 3.52. The van der Waals surface area contributed by atoms with Crippen molar-refractivity contribution in [2.75, 3.05) is 27.6 Å². The number of carbonyl (C=O) groups excluding carboxylic acids is 1. The van der Waals surface area contributed by atoms with Gasteiger partial charge in [0.05, 0.1) is 32.3 Å². The number of ether oxygens (including phenoxy) is 5. The molecule has 192 valence electrons. The van der Waals surface area contributed by atoms with Gasteiger partial charge in [-0.1, -0.05) is 25.1 Å². The Morgan fingerprint density at radius 3 is 2.38 bits per heavy atom. The van der Waals surface area contributed by atoms with Gasteiger partial charge in [-0.25, -0.2) is 4.79 Å². The van der Waals surface area contributed by atoms with E-state index in [9.17, 15) is 14.7 Å². The van der Waals surface area contributed by atoms with E-state index in [4.69, 9.17) is 23.7 Å². The van der Waals surface area contributed by atoms with Gasteiger partial charge in [0, 0.05) is 11.8 Å². The van der Waals surface area contributed by atoms with Crippen LogP contribution in [-0.2, 0) is 9.53 Å². The molecule has 0 aromatic heterocycles. The van der Waals surface area contributed by atoms with Crippen molar-refractivity contribution in [1.29, 1.82) is 0 Å². The summed E-state index contributed by atoms with van der Waals surface area (Å²) in [5.74, 6) is -1.28. The molecule has 3 aromatic rings. The van der Waals surface area contributed by atoms with Gasteiger partial charge in [-0.15, -0.1) is 0 Å². The lowest BCUT2D eigenvalue weighted by molar-refractivity contribution is -0.142. The number of carboxylic acids is 1. The number of methoxy groups -OCH3 is 2. The zero-order valence-corrected chi connectivity index (χ0v) is 20.9. The summed E-state index contributed by atoms with van der Waals surface area (Å²) in [5.41, 5.74) is 3.24. The Balaban J connectivity index is 1.72. The van der Waals surface area contributed by atoms with Gasteiger partial charge in [0.25, 0.3) is 0 Å². The van der Waals surface area contributed by atoms with Crippen molar-refractivity contribution in [3.63, 3.8) is 0 Å². The minimum Gasteiger partial charge on any atom is -0.497 e. The maximum Gasteiger partial charge on any atom is 0.338 e. The molecular formula is C29H28O8. The maximum absolute atomic E-state index is 13.0. The van der Waals surface area contributed by atoms with Crippen LogP contribution < -0.4 is 18.9 Å². The summed E-state index contributed by atoms with van der Waals surface area (Å²) in [5, 5.41) is 10.6. The van der Waals surface area contributed by atoms with E-state index in [1.165, 1.54) is 14.2 Å². The van der Waals surface area contributed by atoms with E-state index in [0.717, 1.165) is 23.1 Å². The van der Waals surface area contributed by atoms with Crippen LogP contribution in [0.3, 0.4) is 0 Å². The first-order chi connectivity index (χ1) is 18.0. The van der Waals surface area contributed by atoms with Gasteiger partial charge in [0.15, 0.2) is 11.5 Å². The largest absolute Gasteiger partial charge is 0.497 e. The van der Waals surface area contributed by atoms with Crippen molar-refractivity contribution in [2.45, 2.75) is 25.2 Å². The molecule has 1 N–H and O–H groups in total. The van der Waals surface area contributed by atoms with Crippen LogP contribution in [0, 0.1) is 5.92 Å². The highest BCUT2D eigenvalue weighted by molar-refractivity contribution is 5.93. The quantitative estimate of drug-likeness (QED) is 0.429. The summed E-state index contributed by atoms with van der Waals surface area (Å²) < 4.78 is 27.3. The summed E-state index contributed by atoms with van der Waals surface area (Å²) in [7, 11) is 2.81. The van der Waals surface area contributed by atoms with Crippen molar-refractivity contribution >= 4 is 11.9 Å². The van der Waals surface area contributed by atoms with Crippen LogP contribution in [0.4, 0.5) is 0 Å². The molecule has 1 aliphatic heterocycles. The monoisotopic (exact) mass is 504 g/mol. The molecule has 3 aromatic carbocycles. The number of esters is 1. The lowest BCUT2D eigenvalue weighted by Crippen LogP contribution is -2.25. The molecule has 8 heteroatoms. The van der Waals surface area contributed by atoms with Gasteiger partial charge in [0.2, 0.25) is 6.79 Å². The van der Waals surface area contributed by atoms with Crippen molar-refractivity contribution in [3.8, 4) is 23.0 Å². The van der Waals surface area contributed by atoms with Crippen LogP contribution in [0.5, 0.6) is 23.0 Å². The summed E-state index contributed by atoms with van der Waals surface area (Å²) in [6.45, 7) is 2.68. The lowest BCUT2D eigenvalue weighted by atomic mass is 9.78. The number of hydrogen-bond acceptors (Lipinski definition) is 7. The van der Waals surface area contributed by atoms with E-state index in [-0.39, 0.29) is 12.4 Å². The van der Waals surface area contributed by atoms with E-state index in [1.54, 1.807) is 24.3 Å². The van der Waals surface area contributed by atoms with E-state index in [2.05, 4.69) is 0 Å². The van der Waals surface area contributed by atoms with Gasteiger partial charge < -0.3 is 28.8 Å². The first kappa shape index (κ1) is 24.5. The topological polar surface area (TPSA) is 101 Å². The van der Waals surface area contributed by atoms with Gasteiger partial charge >= 0.3 is 11.9 Å². The normalized spacial score (nSPS) is 19.3. The molecule has 0 bridgehead atoms. The second kappa shape index (κ2) is 10.0. The molecule has 0 unspecified atom stereocenters. The fraction of sp³-hybridized carbons (Fsp3) is 0.310. The molecule has 0 spiro atoms. The predicted octanol–water partition coefficient (Wildman–Crippen LogP) is 4.98. The van der Waals surface area contributed by atoms with Crippen molar-refractivity contribution in [3.05, 3.63) is 82.4 Å². The third-order valence-electron chi connectivity index (χ3n) is 6.96. The minimum atomic E-state index is -0.980. The molecule has 1 heterocycles. The van der Waals surface area contributed by atoms with Crippen molar-refractivity contribution in [2.24, 2.45) is 5.92 Å². The zero-order chi connectivity index (χ0) is 26.1. The van der Waals surface area contributed by atoms with Gasteiger partial charge in [-0.2, -0.15) is 0 Å². The average molecular weight is 505 g/mol. The fourth-order valence-corrected chi connectivity index (χ4v) is 5.35. The van der Waals surface area contributed by atoms with Crippen LogP contribution >= 0.6 is 0 Å². The van der Waals surface area contributed by atoms with Gasteiger partial charge in [0.1, 0.15) is 11.5 Å². The Labute approximate surface area is 214 Å². The molecule has 0 saturated carbocycles. The van der Waals surface area contributed by atoms with Crippen LogP contribution in [0.25, 0.3) is 0 Å². The summed E-state index contributed by atoms with van der Waals surface area (Å²) >= 11 is 0. The molecule has 37 heavy (non-hydrogen) atoms. The number of rotatable bonds is 8. The van der Waals surface area contributed by atoms with Crippen LogP contribution in [0.1, 0.15) is 57.8 Å².